The average Bonchev–Trinajstić information content (AvgIpc) is 2.67. The first kappa shape index (κ1) is 18.0. The van der Waals surface area contributed by atoms with Crippen LogP contribution in [-0.4, -0.2) is 38.9 Å². The summed E-state index contributed by atoms with van der Waals surface area (Å²) < 4.78 is 31.9. The molecule has 134 valence electrons. The molecule has 0 aromatic heterocycles. The van der Waals surface area contributed by atoms with Crippen LogP contribution in [0.2, 0.25) is 0 Å². The molecule has 25 heavy (non-hydrogen) atoms. The summed E-state index contributed by atoms with van der Waals surface area (Å²) in [5, 5.41) is -0.524. The summed E-state index contributed by atoms with van der Waals surface area (Å²) in [5.41, 5.74) is 1.05. The Balaban J connectivity index is 1.93. The Bertz CT molecular complexity index is 766. The van der Waals surface area contributed by atoms with Gasteiger partial charge in [-0.3, -0.25) is 4.90 Å². The van der Waals surface area contributed by atoms with Crippen LogP contribution < -0.4 is 4.74 Å². The Morgan fingerprint density at radius 3 is 2.20 bits per heavy atom. The van der Waals surface area contributed by atoms with Crippen molar-refractivity contribution >= 4 is 9.84 Å². The van der Waals surface area contributed by atoms with Crippen molar-refractivity contribution < 1.29 is 13.2 Å². The summed E-state index contributed by atoms with van der Waals surface area (Å²) in [6.45, 7) is 1.68. The van der Waals surface area contributed by atoms with E-state index >= 15 is 0 Å². The van der Waals surface area contributed by atoms with Crippen molar-refractivity contribution in [2.24, 2.45) is 0 Å². The minimum Gasteiger partial charge on any atom is -0.497 e. The number of sulfone groups is 1. The van der Waals surface area contributed by atoms with Crippen molar-refractivity contribution in [1.82, 2.24) is 4.90 Å². The van der Waals surface area contributed by atoms with Gasteiger partial charge in [0.05, 0.1) is 12.0 Å². The number of rotatable bonds is 6. The minimum absolute atomic E-state index is 0.361. The Morgan fingerprint density at radius 1 is 0.960 bits per heavy atom. The second kappa shape index (κ2) is 8.02. The summed E-state index contributed by atoms with van der Waals surface area (Å²) in [6, 6.07) is 16.6. The first-order valence-electron chi connectivity index (χ1n) is 8.77. The number of methoxy groups -OCH3 is 1. The molecule has 1 saturated heterocycles. The van der Waals surface area contributed by atoms with Crippen LogP contribution in [0.25, 0.3) is 0 Å². The largest absolute Gasteiger partial charge is 0.497 e. The molecule has 1 unspecified atom stereocenters. The van der Waals surface area contributed by atoms with Gasteiger partial charge in [0, 0.05) is 6.42 Å². The zero-order chi connectivity index (χ0) is 17.7. The molecule has 0 radical (unpaired) electrons. The molecule has 1 heterocycles. The van der Waals surface area contributed by atoms with E-state index in [2.05, 4.69) is 4.90 Å². The fourth-order valence-electron chi connectivity index (χ4n) is 3.38. The number of hydrogen-bond donors (Lipinski definition) is 0. The molecule has 2 aromatic carbocycles. The van der Waals surface area contributed by atoms with Gasteiger partial charge in [-0.05, 0) is 55.8 Å². The van der Waals surface area contributed by atoms with Gasteiger partial charge in [0.15, 0.2) is 9.84 Å². The molecule has 0 aliphatic carbocycles. The fraction of sp³-hybridized carbons (Fsp3) is 0.400. The highest BCUT2D eigenvalue weighted by atomic mass is 32.2. The predicted molar refractivity (Wildman–Crippen MR) is 99.5 cm³/mol. The lowest BCUT2D eigenvalue weighted by atomic mass is 10.1. The summed E-state index contributed by atoms with van der Waals surface area (Å²) in [5.74, 6) is 0.663. The van der Waals surface area contributed by atoms with Crippen molar-refractivity contribution in [3.05, 3.63) is 60.2 Å². The summed E-state index contributed by atoms with van der Waals surface area (Å²) in [7, 11) is -1.87. The lowest BCUT2D eigenvalue weighted by Crippen LogP contribution is -2.45. The standard InChI is InChI=1S/C20H25NO3S/c1-24-18-10-12-19(13-11-18)25(22,23)20(21-14-6-3-7-15-21)16-17-8-4-2-5-9-17/h2,4-5,8-13,20H,3,6-7,14-16H2,1H3. The van der Waals surface area contributed by atoms with E-state index in [0.29, 0.717) is 17.1 Å². The first-order chi connectivity index (χ1) is 12.1. The van der Waals surface area contributed by atoms with Crippen LogP contribution >= 0.6 is 0 Å². The molecule has 0 amide bonds. The van der Waals surface area contributed by atoms with Crippen LogP contribution in [0.4, 0.5) is 0 Å². The Kier molecular flexibility index (Phi) is 5.76. The average molecular weight is 359 g/mol. The van der Waals surface area contributed by atoms with E-state index < -0.39 is 15.2 Å². The molecule has 3 rings (SSSR count). The van der Waals surface area contributed by atoms with Gasteiger partial charge in [0.2, 0.25) is 0 Å². The zero-order valence-electron chi connectivity index (χ0n) is 14.6. The number of benzene rings is 2. The minimum atomic E-state index is -3.45. The van der Waals surface area contributed by atoms with E-state index in [9.17, 15) is 8.42 Å². The van der Waals surface area contributed by atoms with Crippen LogP contribution in [0, 0.1) is 0 Å². The number of ether oxygens (including phenoxy) is 1. The van der Waals surface area contributed by atoms with Gasteiger partial charge in [-0.1, -0.05) is 36.8 Å². The van der Waals surface area contributed by atoms with Crippen LogP contribution in [0.3, 0.4) is 0 Å². The van der Waals surface area contributed by atoms with E-state index in [1.54, 1.807) is 31.4 Å². The molecule has 0 saturated carbocycles. The third-order valence-corrected chi connectivity index (χ3v) is 6.91. The van der Waals surface area contributed by atoms with Gasteiger partial charge in [-0.25, -0.2) is 8.42 Å². The lowest BCUT2D eigenvalue weighted by molar-refractivity contribution is 0.205. The number of piperidine rings is 1. The summed E-state index contributed by atoms with van der Waals surface area (Å²) in [6.07, 6.45) is 3.80. The highest BCUT2D eigenvalue weighted by molar-refractivity contribution is 7.92. The molecule has 0 N–H and O–H groups in total. The normalized spacial score (nSPS) is 17.2. The predicted octanol–water partition coefficient (Wildman–Crippen LogP) is 3.52. The maximum atomic E-state index is 13.4. The second-order valence-corrected chi connectivity index (χ2v) is 8.57. The monoisotopic (exact) mass is 359 g/mol. The van der Waals surface area contributed by atoms with Crippen molar-refractivity contribution in [3.63, 3.8) is 0 Å². The van der Waals surface area contributed by atoms with E-state index in [-0.39, 0.29) is 0 Å². The highest BCUT2D eigenvalue weighted by Gasteiger charge is 2.33. The SMILES string of the molecule is COc1ccc(S(=O)(=O)C(Cc2ccccc2)N2CCCCC2)cc1. The molecule has 2 aromatic rings. The van der Waals surface area contributed by atoms with Gasteiger partial charge < -0.3 is 4.74 Å². The molecular weight excluding hydrogens is 334 g/mol. The second-order valence-electron chi connectivity index (χ2n) is 6.46. The molecule has 1 atom stereocenters. The fourth-order valence-corrected chi connectivity index (χ4v) is 5.22. The Hall–Kier alpha value is -1.85. The van der Waals surface area contributed by atoms with E-state index in [0.717, 1.165) is 31.5 Å². The Labute approximate surface area is 150 Å². The zero-order valence-corrected chi connectivity index (χ0v) is 15.4. The molecule has 5 heteroatoms. The third-order valence-electron chi connectivity index (χ3n) is 4.80. The third kappa shape index (κ3) is 4.22. The maximum Gasteiger partial charge on any atom is 0.194 e. The number of likely N-dealkylation sites (tertiary alicyclic amines) is 1. The molecule has 0 bridgehead atoms. The van der Waals surface area contributed by atoms with Gasteiger partial charge in [-0.15, -0.1) is 0 Å². The van der Waals surface area contributed by atoms with Crippen molar-refractivity contribution in [3.8, 4) is 5.75 Å². The van der Waals surface area contributed by atoms with Gasteiger partial charge in [-0.2, -0.15) is 0 Å². The van der Waals surface area contributed by atoms with E-state index in [1.807, 2.05) is 30.3 Å². The molecular formula is C20H25NO3S. The maximum absolute atomic E-state index is 13.4. The van der Waals surface area contributed by atoms with Crippen LogP contribution in [-0.2, 0) is 16.3 Å². The molecule has 1 aliphatic heterocycles. The molecule has 1 fully saturated rings. The van der Waals surface area contributed by atoms with Gasteiger partial charge in [0.1, 0.15) is 11.1 Å². The Morgan fingerprint density at radius 2 is 1.60 bits per heavy atom. The van der Waals surface area contributed by atoms with E-state index in [4.69, 9.17) is 4.74 Å². The smallest absolute Gasteiger partial charge is 0.194 e. The number of nitrogens with zero attached hydrogens (tertiary/aromatic N) is 1. The molecule has 0 spiro atoms. The van der Waals surface area contributed by atoms with Crippen molar-refractivity contribution in [2.45, 2.75) is 36.0 Å². The lowest BCUT2D eigenvalue weighted by Gasteiger charge is -2.34. The molecule has 4 nitrogen and oxygen atoms in total. The summed E-state index contributed by atoms with van der Waals surface area (Å²) in [4.78, 5) is 2.50. The van der Waals surface area contributed by atoms with Crippen LogP contribution in [0.15, 0.2) is 59.5 Å². The first-order valence-corrected chi connectivity index (χ1v) is 10.3. The number of hydrogen-bond acceptors (Lipinski definition) is 4. The van der Waals surface area contributed by atoms with Gasteiger partial charge in [0.25, 0.3) is 0 Å². The van der Waals surface area contributed by atoms with Crippen molar-refractivity contribution in [2.75, 3.05) is 20.2 Å². The quantitative estimate of drug-likeness (QED) is 0.792. The topological polar surface area (TPSA) is 46.6 Å². The van der Waals surface area contributed by atoms with Crippen LogP contribution in [0.5, 0.6) is 5.75 Å². The van der Waals surface area contributed by atoms with E-state index in [1.165, 1.54) is 6.42 Å². The van der Waals surface area contributed by atoms with Crippen LogP contribution in [0.1, 0.15) is 24.8 Å². The van der Waals surface area contributed by atoms with Gasteiger partial charge >= 0.3 is 0 Å². The van der Waals surface area contributed by atoms with Crippen molar-refractivity contribution in [1.29, 1.82) is 0 Å². The molecule has 1 aliphatic rings. The summed E-state index contributed by atoms with van der Waals surface area (Å²) >= 11 is 0. The highest BCUT2D eigenvalue weighted by Crippen LogP contribution is 2.26.